The first-order valence-corrected chi connectivity index (χ1v) is 28.4. The molecular weight excluding hydrogens is 785 g/mol. The van der Waals surface area contributed by atoms with Gasteiger partial charge in [0.25, 0.3) is 20.2 Å². The van der Waals surface area contributed by atoms with Crippen molar-refractivity contribution in [2.75, 3.05) is 13.2 Å². The molecule has 0 N–H and O–H groups in total. The second-order valence-electron chi connectivity index (χ2n) is 17.8. The van der Waals surface area contributed by atoms with Crippen LogP contribution in [0.3, 0.4) is 0 Å². The Balaban J connectivity index is 2.47. The van der Waals surface area contributed by atoms with Gasteiger partial charge in [-0.2, -0.15) is 16.8 Å². The highest BCUT2D eigenvalue weighted by Gasteiger charge is 2.35. The molecule has 0 saturated carbocycles. The van der Waals surface area contributed by atoms with Crippen LogP contribution in [0.2, 0.25) is 0 Å². The maximum absolute atomic E-state index is 14.7. The largest absolute Gasteiger partial charge is 0.299 e. The van der Waals surface area contributed by atoms with Crippen LogP contribution < -0.4 is 0 Å². The van der Waals surface area contributed by atoms with E-state index in [4.69, 9.17) is 8.37 Å². The molecule has 0 radical (unpaired) electrons. The van der Waals surface area contributed by atoms with Gasteiger partial charge in [0, 0.05) is 5.39 Å². The van der Waals surface area contributed by atoms with E-state index in [1.165, 1.54) is 128 Å². The van der Waals surface area contributed by atoms with Crippen LogP contribution >= 0.6 is 0 Å². The molecule has 0 bridgehead atoms. The van der Waals surface area contributed by atoms with E-state index < -0.39 is 20.2 Å². The van der Waals surface area contributed by atoms with Crippen molar-refractivity contribution in [3.05, 3.63) is 35.4 Å². The van der Waals surface area contributed by atoms with Crippen molar-refractivity contribution in [1.29, 1.82) is 0 Å². The molecule has 0 atom stereocenters. The highest BCUT2D eigenvalue weighted by molar-refractivity contribution is 7.90. The number of benzene rings is 2. The van der Waals surface area contributed by atoms with Gasteiger partial charge in [-0.1, -0.05) is 245 Å². The summed E-state index contributed by atoms with van der Waals surface area (Å²) >= 11 is 0. The Hall–Kier alpha value is -1.48. The number of hydrogen-bond donors (Lipinski definition) is 0. The van der Waals surface area contributed by atoms with E-state index in [9.17, 15) is 16.8 Å². The number of hydrogen-bond acceptors (Lipinski definition) is 6. The van der Waals surface area contributed by atoms with Crippen LogP contribution in [-0.4, -0.2) is 30.0 Å². The van der Waals surface area contributed by atoms with E-state index >= 15 is 0 Å². The second kappa shape index (κ2) is 34.9. The van der Waals surface area contributed by atoms with Gasteiger partial charge >= 0.3 is 0 Å². The first kappa shape index (κ1) is 54.7. The molecule has 0 spiro atoms. The van der Waals surface area contributed by atoms with Crippen molar-refractivity contribution < 1.29 is 25.2 Å². The zero-order valence-corrected chi connectivity index (χ0v) is 41.1. The van der Waals surface area contributed by atoms with E-state index in [1.54, 1.807) is 6.07 Å². The predicted molar refractivity (Wildman–Crippen MR) is 257 cm³/mol. The third-order valence-electron chi connectivity index (χ3n) is 12.4. The lowest BCUT2D eigenvalue weighted by Crippen LogP contribution is -2.20. The Morgan fingerprint density at radius 1 is 0.333 bits per heavy atom. The molecule has 0 aliphatic heterocycles. The lowest BCUT2D eigenvalue weighted by molar-refractivity contribution is 0.298. The Morgan fingerprint density at radius 2 is 0.617 bits per heavy atom. The number of fused-ring (bicyclic) bond motifs is 1. The van der Waals surface area contributed by atoms with Gasteiger partial charge in [0.15, 0.2) is 0 Å². The standard InChI is InChI=1S/C52H92O6S2/c1-5-9-13-17-21-23-25-27-31-35-41-47-48-42-37-38-44-50(48)52(60(55,56)58-46-40-34-30-20-16-12-8-4)51(59(53,54)57-45-39-33-29-19-15-11-7-3)49(47)43-36-32-28-26-24-22-18-14-10-6-2/h37-38,42,44H,5-36,39-41,43,45-46H2,1-4H3. The van der Waals surface area contributed by atoms with E-state index in [0.29, 0.717) is 36.6 Å². The Morgan fingerprint density at radius 3 is 0.983 bits per heavy atom. The zero-order valence-electron chi connectivity index (χ0n) is 39.4. The molecule has 8 heteroatoms. The van der Waals surface area contributed by atoms with Gasteiger partial charge in [-0.25, -0.2) is 0 Å². The molecule has 6 nitrogen and oxygen atoms in total. The van der Waals surface area contributed by atoms with Crippen LogP contribution in [0.25, 0.3) is 10.8 Å². The molecule has 60 heavy (non-hydrogen) atoms. The van der Waals surface area contributed by atoms with E-state index in [0.717, 1.165) is 88.0 Å². The molecule has 0 aromatic heterocycles. The van der Waals surface area contributed by atoms with Gasteiger partial charge in [0.2, 0.25) is 0 Å². The quantitative estimate of drug-likeness (QED) is 0.0488. The topological polar surface area (TPSA) is 86.7 Å². The summed E-state index contributed by atoms with van der Waals surface area (Å²) < 4.78 is 70.0. The number of aryl methyl sites for hydroxylation is 1. The van der Waals surface area contributed by atoms with Crippen LogP contribution in [0.5, 0.6) is 0 Å². The van der Waals surface area contributed by atoms with Crippen LogP contribution in [0, 0.1) is 0 Å². The molecule has 0 aliphatic carbocycles. The molecule has 348 valence electrons. The lowest BCUT2D eigenvalue weighted by atomic mass is 9.91. The molecule has 0 heterocycles. The van der Waals surface area contributed by atoms with Gasteiger partial charge in [-0.15, -0.1) is 0 Å². The van der Waals surface area contributed by atoms with E-state index in [-0.39, 0.29) is 23.0 Å². The fraction of sp³-hybridized carbons (Fsp3) is 0.808. The minimum atomic E-state index is -4.45. The maximum atomic E-state index is 14.7. The maximum Gasteiger partial charge on any atom is 0.299 e. The van der Waals surface area contributed by atoms with Gasteiger partial charge < -0.3 is 0 Å². The van der Waals surface area contributed by atoms with Crippen molar-refractivity contribution in [2.24, 2.45) is 0 Å². The number of rotatable bonds is 42. The van der Waals surface area contributed by atoms with Gasteiger partial charge in [-0.3, -0.25) is 8.37 Å². The fourth-order valence-electron chi connectivity index (χ4n) is 8.72. The molecule has 0 saturated heterocycles. The third-order valence-corrected chi connectivity index (χ3v) is 15.3. The molecule has 0 aliphatic rings. The predicted octanol–water partition coefficient (Wildman–Crippen LogP) is 16.7. The van der Waals surface area contributed by atoms with Crippen molar-refractivity contribution in [3.8, 4) is 0 Å². The second-order valence-corrected chi connectivity index (χ2v) is 20.9. The van der Waals surface area contributed by atoms with E-state index in [1.807, 2.05) is 18.2 Å². The summed E-state index contributed by atoms with van der Waals surface area (Å²) in [6, 6.07) is 7.55. The monoisotopic (exact) mass is 877 g/mol. The summed E-state index contributed by atoms with van der Waals surface area (Å²) in [5, 5.41) is 1.27. The SMILES string of the molecule is CCCCCCCCCCCCc1c(S(=O)(=O)OCCCCCCCCC)c(S(=O)(=O)OCCCCCCCCC)c2ccccc2c1CCCCCCCCCCCC. The summed E-state index contributed by atoms with van der Waals surface area (Å²) in [4.78, 5) is -0.365. The summed E-state index contributed by atoms with van der Waals surface area (Å²) in [5.41, 5.74) is 1.62. The average molecular weight is 877 g/mol. The Bertz CT molecular complexity index is 1570. The highest BCUT2D eigenvalue weighted by Crippen LogP contribution is 2.40. The van der Waals surface area contributed by atoms with Crippen LogP contribution in [0.4, 0.5) is 0 Å². The smallest absolute Gasteiger partial charge is 0.266 e. The van der Waals surface area contributed by atoms with Gasteiger partial charge in [0.05, 0.1) is 13.2 Å². The summed E-state index contributed by atoms with van der Waals surface area (Å²) in [5.74, 6) is 0. The lowest BCUT2D eigenvalue weighted by Gasteiger charge is -2.22. The summed E-state index contributed by atoms with van der Waals surface area (Å²) in [7, 11) is -8.89. The molecule has 2 aromatic carbocycles. The van der Waals surface area contributed by atoms with Crippen LogP contribution in [-0.2, 0) is 41.4 Å². The molecule has 2 rings (SSSR count). The fourth-order valence-corrected chi connectivity index (χ4v) is 11.9. The van der Waals surface area contributed by atoms with Crippen LogP contribution in [0.15, 0.2) is 34.1 Å². The normalized spacial score (nSPS) is 12.3. The van der Waals surface area contributed by atoms with Gasteiger partial charge in [0.1, 0.15) is 9.79 Å². The Kier molecular flexibility index (Phi) is 31.8. The first-order valence-electron chi connectivity index (χ1n) is 25.6. The summed E-state index contributed by atoms with van der Waals surface area (Å²) in [6.07, 6.45) is 39.7. The molecule has 0 amide bonds. The average Bonchev–Trinajstić information content (AvgIpc) is 3.23. The van der Waals surface area contributed by atoms with Crippen molar-refractivity contribution in [1.82, 2.24) is 0 Å². The first-order chi connectivity index (χ1) is 29.2. The van der Waals surface area contributed by atoms with Gasteiger partial charge in [-0.05, 0) is 55.0 Å². The highest BCUT2D eigenvalue weighted by atomic mass is 32.2. The van der Waals surface area contributed by atoms with Crippen LogP contribution in [0.1, 0.15) is 257 Å². The minimum absolute atomic E-state index is 0.0386. The Labute approximate surface area is 371 Å². The summed E-state index contributed by atoms with van der Waals surface area (Å²) in [6.45, 7) is 9.00. The number of unbranched alkanes of at least 4 members (excludes halogenated alkanes) is 30. The molecule has 2 aromatic rings. The zero-order chi connectivity index (χ0) is 43.6. The van der Waals surface area contributed by atoms with E-state index in [2.05, 4.69) is 27.7 Å². The molecule has 0 fully saturated rings. The molecule has 0 unspecified atom stereocenters. The minimum Gasteiger partial charge on any atom is -0.266 e. The molecular formula is C52H92O6S2. The third kappa shape index (κ3) is 22.7. The van der Waals surface area contributed by atoms with Crippen molar-refractivity contribution in [3.63, 3.8) is 0 Å². The van der Waals surface area contributed by atoms with Crippen molar-refractivity contribution in [2.45, 2.75) is 269 Å². The van der Waals surface area contributed by atoms with Crippen molar-refractivity contribution >= 4 is 31.0 Å².